The normalized spacial score (nSPS) is 14.0. The zero-order chi connectivity index (χ0) is 15.0. The molecule has 1 heterocycles. The second kappa shape index (κ2) is 5.01. The summed E-state index contributed by atoms with van der Waals surface area (Å²) in [6.07, 6.45) is 0.685. The molecule has 0 bridgehead atoms. The van der Waals surface area contributed by atoms with Gasteiger partial charge in [-0.2, -0.15) is 0 Å². The van der Waals surface area contributed by atoms with E-state index in [1.54, 1.807) is 12.1 Å². The number of aromatic carboxylic acids is 1. The maximum absolute atomic E-state index is 13.8. The fourth-order valence-corrected chi connectivity index (χ4v) is 2.52. The zero-order valence-electron chi connectivity index (χ0n) is 11.0. The summed E-state index contributed by atoms with van der Waals surface area (Å²) in [6, 6.07) is 11.0. The van der Waals surface area contributed by atoms with Gasteiger partial charge in [-0.25, -0.2) is 9.18 Å². The predicted molar refractivity (Wildman–Crippen MR) is 75.2 cm³/mol. The highest BCUT2D eigenvalue weighted by Gasteiger charge is 2.25. The molecule has 0 saturated heterocycles. The molecule has 1 amide bonds. The molecule has 4 nitrogen and oxygen atoms in total. The van der Waals surface area contributed by atoms with Gasteiger partial charge < -0.3 is 10.0 Å². The molecule has 3 rings (SSSR count). The number of amides is 1. The smallest absolute Gasteiger partial charge is 0.338 e. The molecule has 21 heavy (non-hydrogen) atoms. The van der Waals surface area contributed by atoms with Crippen LogP contribution in [0.4, 0.5) is 10.1 Å². The molecule has 1 aliphatic rings. The Balaban J connectivity index is 1.97. The summed E-state index contributed by atoms with van der Waals surface area (Å²) in [5.41, 5.74) is 1.55. The highest BCUT2D eigenvalue weighted by atomic mass is 19.1. The number of hydrogen-bond donors (Lipinski definition) is 1. The van der Waals surface area contributed by atoms with E-state index in [9.17, 15) is 14.0 Å². The van der Waals surface area contributed by atoms with Gasteiger partial charge in [0.1, 0.15) is 5.82 Å². The fraction of sp³-hybridized carbons (Fsp3) is 0.125. The van der Waals surface area contributed by atoms with Crippen molar-refractivity contribution in [3.05, 3.63) is 65.0 Å². The first kappa shape index (κ1) is 13.3. The van der Waals surface area contributed by atoms with E-state index in [2.05, 4.69) is 0 Å². The van der Waals surface area contributed by atoms with Gasteiger partial charge in [0, 0.05) is 17.8 Å². The van der Waals surface area contributed by atoms with Crippen molar-refractivity contribution in [3.8, 4) is 0 Å². The molecular formula is C16H12FNO3. The lowest BCUT2D eigenvalue weighted by atomic mass is 9.98. The fourth-order valence-electron chi connectivity index (χ4n) is 2.52. The van der Waals surface area contributed by atoms with Crippen LogP contribution in [-0.2, 0) is 6.42 Å². The van der Waals surface area contributed by atoms with Gasteiger partial charge in [-0.3, -0.25) is 4.79 Å². The molecule has 2 aromatic rings. The van der Waals surface area contributed by atoms with Crippen LogP contribution < -0.4 is 4.90 Å². The zero-order valence-corrected chi connectivity index (χ0v) is 11.0. The summed E-state index contributed by atoms with van der Waals surface area (Å²) in [4.78, 5) is 24.7. The van der Waals surface area contributed by atoms with Crippen molar-refractivity contribution in [2.75, 3.05) is 11.4 Å². The lowest BCUT2D eigenvalue weighted by Crippen LogP contribution is -2.37. The molecule has 0 atom stereocenters. The molecule has 0 fully saturated rings. The molecule has 5 heteroatoms. The van der Waals surface area contributed by atoms with Crippen LogP contribution in [0, 0.1) is 5.82 Å². The summed E-state index contributed by atoms with van der Waals surface area (Å²) in [5.74, 6) is -2.36. The van der Waals surface area contributed by atoms with E-state index >= 15 is 0 Å². The van der Waals surface area contributed by atoms with Gasteiger partial charge in [-0.15, -0.1) is 0 Å². The molecular weight excluding hydrogens is 273 g/mol. The van der Waals surface area contributed by atoms with Gasteiger partial charge in [0.2, 0.25) is 0 Å². The number of carbonyl (C=O) groups is 2. The van der Waals surface area contributed by atoms with E-state index in [0.717, 1.165) is 11.6 Å². The van der Waals surface area contributed by atoms with Crippen molar-refractivity contribution in [2.45, 2.75) is 6.42 Å². The van der Waals surface area contributed by atoms with Crippen LogP contribution in [0.15, 0.2) is 42.5 Å². The predicted octanol–water partition coefficient (Wildman–Crippen LogP) is 2.73. The van der Waals surface area contributed by atoms with Gasteiger partial charge >= 0.3 is 5.97 Å². The number of benzene rings is 2. The third kappa shape index (κ3) is 2.27. The highest BCUT2D eigenvalue weighted by molar-refractivity contribution is 6.08. The Labute approximate surface area is 120 Å². The molecule has 2 aromatic carbocycles. The number of halogens is 1. The Bertz CT molecular complexity index is 742. The summed E-state index contributed by atoms with van der Waals surface area (Å²) in [6.45, 7) is 0.446. The Morgan fingerprint density at radius 3 is 2.67 bits per heavy atom. The number of hydrogen-bond acceptors (Lipinski definition) is 2. The van der Waals surface area contributed by atoms with Crippen molar-refractivity contribution in [1.82, 2.24) is 0 Å². The van der Waals surface area contributed by atoms with Crippen LogP contribution in [0.2, 0.25) is 0 Å². The highest BCUT2D eigenvalue weighted by Crippen LogP contribution is 2.26. The number of carbonyl (C=O) groups excluding carboxylic acids is 1. The number of nitrogens with zero attached hydrogens (tertiary/aromatic N) is 1. The van der Waals surface area contributed by atoms with E-state index in [1.165, 1.54) is 17.0 Å². The summed E-state index contributed by atoms with van der Waals surface area (Å²) in [5, 5.41) is 8.83. The number of fused-ring (bicyclic) bond motifs is 1. The molecule has 0 spiro atoms. The quantitative estimate of drug-likeness (QED) is 0.923. The number of carboxylic acids is 1. The van der Waals surface area contributed by atoms with Crippen molar-refractivity contribution in [3.63, 3.8) is 0 Å². The summed E-state index contributed by atoms with van der Waals surface area (Å²) >= 11 is 0. The molecule has 0 radical (unpaired) electrons. The SMILES string of the molecule is O=C(O)c1ccc(N2CCc3ccccc3C2=O)cc1F. The maximum atomic E-state index is 13.8. The van der Waals surface area contributed by atoms with E-state index in [0.29, 0.717) is 24.2 Å². The topological polar surface area (TPSA) is 57.6 Å². The van der Waals surface area contributed by atoms with Crippen LogP contribution in [0.25, 0.3) is 0 Å². The van der Waals surface area contributed by atoms with Gasteiger partial charge in [0.05, 0.1) is 5.56 Å². The van der Waals surface area contributed by atoms with Crippen LogP contribution in [0.5, 0.6) is 0 Å². The Hall–Kier alpha value is -2.69. The van der Waals surface area contributed by atoms with E-state index in [4.69, 9.17) is 5.11 Å². The number of carboxylic acid groups (broad SMARTS) is 1. The van der Waals surface area contributed by atoms with Gasteiger partial charge in [0.15, 0.2) is 0 Å². The standard InChI is InChI=1S/C16H12FNO3/c17-14-9-11(5-6-13(14)16(20)21)18-8-7-10-3-1-2-4-12(10)15(18)19/h1-6,9H,7-8H2,(H,20,21). The third-order valence-corrected chi connectivity index (χ3v) is 3.59. The Morgan fingerprint density at radius 2 is 1.95 bits per heavy atom. The molecule has 0 aromatic heterocycles. The second-order valence-corrected chi connectivity index (χ2v) is 4.83. The average Bonchev–Trinajstić information content (AvgIpc) is 2.47. The monoisotopic (exact) mass is 285 g/mol. The van der Waals surface area contributed by atoms with Crippen molar-refractivity contribution in [2.24, 2.45) is 0 Å². The Morgan fingerprint density at radius 1 is 1.19 bits per heavy atom. The summed E-state index contributed by atoms with van der Waals surface area (Å²) < 4.78 is 13.8. The van der Waals surface area contributed by atoms with Crippen LogP contribution in [0.1, 0.15) is 26.3 Å². The van der Waals surface area contributed by atoms with Crippen LogP contribution in [-0.4, -0.2) is 23.5 Å². The minimum absolute atomic E-state index is 0.195. The lowest BCUT2D eigenvalue weighted by Gasteiger charge is -2.28. The molecule has 0 saturated carbocycles. The van der Waals surface area contributed by atoms with Crippen molar-refractivity contribution >= 4 is 17.6 Å². The second-order valence-electron chi connectivity index (χ2n) is 4.83. The third-order valence-electron chi connectivity index (χ3n) is 3.59. The van der Waals surface area contributed by atoms with Crippen LogP contribution >= 0.6 is 0 Å². The van der Waals surface area contributed by atoms with Crippen molar-refractivity contribution in [1.29, 1.82) is 0 Å². The number of anilines is 1. The first-order valence-electron chi connectivity index (χ1n) is 6.50. The van der Waals surface area contributed by atoms with Gasteiger partial charge in [-0.1, -0.05) is 18.2 Å². The van der Waals surface area contributed by atoms with E-state index in [-0.39, 0.29) is 5.91 Å². The Kier molecular flexibility index (Phi) is 3.17. The molecule has 1 aliphatic heterocycles. The van der Waals surface area contributed by atoms with E-state index in [1.807, 2.05) is 12.1 Å². The number of rotatable bonds is 2. The molecule has 1 N–H and O–H groups in total. The molecule has 0 unspecified atom stereocenters. The minimum Gasteiger partial charge on any atom is -0.478 e. The average molecular weight is 285 g/mol. The lowest BCUT2D eigenvalue weighted by molar-refractivity contribution is 0.0692. The maximum Gasteiger partial charge on any atom is 0.338 e. The largest absolute Gasteiger partial charge is 0.478 e. The van der Waals surface area contributed by atoms with E-state index < -0.39 is 17.3 Å². The first-order chi connectivity index (χ1) is 10.1. The summed E-state index contributed by atoms with van der Waals surface area (Å²) in [7, 11) is 0. The van der Waals surface area contributed by atoms with Crippen LogP contribution in [0.3, 0.4) is 0 Å². The first-order valence-corrected chi connectivity index (χ1v) is 6.50. The minimum atomic E-state index is -1.32. The van der Waals surface area contributed by atoms with Gasteiger partial charge in [0.25, 0.3) is 5.91 Å². The molecule has 0 aliphatic carbocycles. The molecule has 106 valence electrons. The van der Waals surface area contributed by atoms with Crippen molar-refractivity contribution < 1.29 is 19.1 Å². The van der Waals surface area contributed by atoms with Gasteiger partial charge in [-0.05, 0) is 36.2 Å².